The highest BCUT2D eigenvalue weighted by Gasteiger charge is 2.33. The Balaban J connectivity index is 2.35. The molecule has 0 N–H and O–H groups in total. The molecular weight excluding hydrogens is 251 g/mol. The highest BCUT2D eigenvalue weighted by atomic mass is 19.4. The maximum Gasteiger partial charge on any atom is 0.435 e. The van der Waals surface area contributed by atoms with E-state index in [1.807, 2.05) is 0 Å². The number of halogens is 3. The Morgan fingerprint density at radius 1 is 1.39 bits per heavy atom. The molecule has 2 aromatic rings. The lowest BCUT2D eigenvalue weighted by molar-refractivity contribution is -0.142. The standard InChI is InChI=1S/C10H8F3N3O2/c1-6-4-7(15-18-6)5-16-9(17)3-2-8(14-16)10(11,12)13/h2-4H,5H2,1H3. The van der Waals surface area contributed by atoms with Crippen LogP contribution < -0.4 is 5.56 Å². The molecule has 2 aromatic heterocycles. The number of hydrogen-bond donors (Lipinski definition) is 0. The fraction of sp³-hybridized carbons (Fsp3) is 0.300. The number of rotatable bonds is 2. The summed E-state index contributed by atoms with van der Waals surface area (Å²) < 4.78 is 42.7. The summed E-state index contributed by atoms with van der Waals surface area (Å²) in [5.41, 5.74) is -1.42. The van der Waals surface area contributed by atoms with Crippen molar-refractivity contribution in [3.05, 3.63) is 45.7 Å². The average molecular weight is 259 g/mol. The van der Waals surface area contributed by atoms with Crippen LogP contribution in [-0.4, -0.2) is 14.9 Å². The highest BCUT2D eigenvalue weighted by Crippen LogP contribution is 2.26. The molecule has 0 unspecified atom stereocenters. The third kappa shape index (κ3) is 2.58. The fourth-order valence-corrected chi connectivity index (χ4v) is 1.36. The van der Waals surface area contributed by atoms with Crippen molar-refractivity contribution >= 4 is 0 Å². The van der Waals surface area contributed by atoms with Crippen molar-refractivity contribution in [2.24, 2.45) is 0 Å². The van der Waals surface area contributed by atoms with Crippen molar-refractivity contribution in [2.45, 2.75) is 19.6 Å². The van der Waals surface area contributed by atoms with Crippen LogP contribution in [-0.2, 0) is 12.7 Å². The second-order valence-electron chi connectivity index (χ2n) is 3.64. The molecule has 2 rings (SSSR count). The van der Waals surface area contributed by atoms with Crippen LogP contribution in [0.1, 0.15) is 17.1 Å². The van der Waals surface area contributed by atoms with E-state index in [0.29, 0.717) is 22.2 Å². The van der Waals surface area contributed by atoms with Gasteiger partial charge in [-0.1, -0.05) is 5.16 Å². The minimum absolute atomic E-state index is 0.167. The van der Waals surface area contributed by atoms with Gasteiger partial charge in [-0.3, -0.25) is 4.79 Å². The summed E-state index contributed by atoms with van der Waals surface area (Å²) >= 11 is 0. The van der Waals surface area contributed by atoms with Gasteiger partial charge in [0.2, 0.25) is 0 Å². The first-order valence-corrected chi connectivity index (χ1v) is 4.94. The van der Waals surface area contributed by atoms with Gasteiger partial charge in [0.1, 0.15) is 11.5 Å². The zero-order valence-corrected chi connectivity index (χ0v) is 9.23. The van der Waals surface area contributed by atoms with Crippen LogP contribution >= 0.6 is 0 Å². The molecule has 0 saturated heterocycles. The summed E-state index contributed by atoms with van der Waals surface area (Å²) in [6.07, 6.45) is -4.59. The van der Waals surface area contributed by atoms with Crippen LogP contribution in [0.4, 0.5) is 13.2 Å². The molecule has 5 nitrogen and oxygen atoms in total. The first-order valence-electron chi connectivity index (χ1n) is 4.94. The zero-order chi connectivity index (χ0) is 13.3. The molecule has 0 aliphatic rings. The molecule has 0 aliphatic carbocycles. The fourth-order valence-electron chi connectivity index (χ4n) is 1.36. The summed E-state index contributed by atoms with van der Waals surface area (Å²) in [5.74, 6) is 0.505. The molecular formula is C10H8F3N3O2. The number of aryl methyl sites for hydroxylation is 1. The van der Waals surface area contributed by atoms with Crippen molar-refractivity contribution in [3.8, 4) is 0 Å². The minimum atomic E-state index is -4.59. The van der Waals surface area contributed by atoms with E-state index in [4.69, 9.17) is 4.52 Å². The third-order valence-corrected chi connectivity index (χ3v) is 2.15. The third-order valence-electron chi connectivity index (χ3n) is 2.15. The van der Waals surface area contributed by atoms with Crippen LogP contribution in [0.3, 0.4) is 0 Å². The number of nitrogens with zero attached hydrogens (tertiary/aromatic N) is 3. The summed E-state index contributed by atoms with van der Waals surface area (Å²) in [7, 11) is 0. The Hall–Kier alpha value is -2.12. The Morgan fingerprint density at radius 3 is 2.67 bits per heavy atom. The second-order valence-corrected chi connectivity index (χ2v) is 3.64. The van der Waals surface area contributed by atoms with Gasteiger partial charge in [0.15, 0.2) is 5.69 Å². The number of aromatic nitrogens is 3. The largest absolute Gasteiger partial charge is 0.435 e. The Kier molecular flexibility index (Phi) is 2.93. The molecule has 0 aliphatic heterocycles. The first-order chi connectivity index (χ1) is 8.36. The van der Waals surface area contributed by atoms with Crippen molar-refractivity contribution in [1.29, 1.82) is 0 Å². The lowest BCUT2D eigenvalue weighted by atomic mass is 10.3. The normalized spacial score (nSPS) is 11.8. The number of hydrogen-bond acceptors (Lipinski definition) is 4. The topological polar surface area (TPSA) is 60.9 Å². The van der Waals surface area contributed by atoms with Gasteiger partial charge >= 0.3 is 6.18 Å². The summed E-state index contributed by atoms with van der Waals surface area (Å²) in [6, 6.07) is 2.99. The molecule has 2 heterocycles. The summed E-state index contributed by atoms with van der Waals surface area (Å²) in [5, 5.41) is 6.83. The van der Waals surface area contributed by atoms with Gasteiger partial charge < -0.3 is 4.52 Å². The van der Waals surface area contributed by atoms with Gasteiger partial charge in [0.05, 0.1) is 6.54 Å². The smallest absolute Gasteiger partial charge is 0.361 e. The van der Waals surface area contributed by atoms with Crippen molar-refractivity contribution in [2.75, 3.05) is 0 Å². The van der Waals surface area contributed by atoms with E-state index in [1.54, 1.807) is 6.92 Å². The highest BCUT2D eigenvalue weighted by molar-refractivity contribution is 5.07. The van der Waals surface area contributed by atoms with E-state index < -0.39 is 17.4 Å². The van der Waals surface area contributed by atoms with Gasteiger partial charge in [-0.25, -0.2) is 4.68 Å². The van der Waals surface area contributed by atoms with Crippen LogP contribution in [0, 0.1) is 6.92 Å². The quantitative estimate of drug-likeness (QED) is 0.822. The van der Waals surface area contributed by atoms with Gasteiger partial charge in [0, 0.05) is 12.1 Å². The second kappa shape index (κ2) is 4.28. The maximum absolute atomic E-state index is 12.4. The maximum atomic E-state index is 12.4. The Bertz CT molecular complexity index is 615. The van der Waals surface area contributed by atoms with E-state index in [9.17, 15) is 18.0 Å². The first kappa shape index (κ1) is 12.3. The molecule has 96 valence electrons. The molecule has 0 saturated carbocycles. The van der Waals surface area contributed by atoms with E-state index in [2.05, 4.69) is 10.3 Å². The van der Waals surface area contributed by atoms with Crippen LogP contribution in [0.15, 0.2) is 27.5 Å². The van der Waals surface area contributed by atoms with Gasteiger partial charge in [-0.05, 0) is 13.0 Å². The lowest BCUT2D eigenvalue weighted by Crippen LogP contribution is -2.26. The molecule has 0 spiro atoms. The minimum Gasteiger partial charge on any atom is -0.361 e. The summed E-state index contributed by atoms with van der Waals surface area (Å²) in [6.45, 7) is 1.47. The van der Waals surface area contributed by atoms with E-state index in [0.717, 1.165) is 6.07 Å². The van der Waals surface area contributed by atoms with Crippen molar-refractivity contribution in [1.82, 2.24) is 14.9 Å². The molecule has 0 bridgehead atoms. The molecule has 0 amide bonds. The molecule has 0 fully saturated rings. The van der Waals surface area contributed by atoms with Crippen LogP contribution in [0.2, 0.25) is 0 Å². The Labute approximate surface area is 98.8 Å². The van der Waals surface area contributed by atoms with Crippen LogP contribution in [0.25, 0.3) is 0 Å². The Morgan fingerprint density at radius 2 is 2.11 bits per heavy atom. The van der Waals surface area contributed by atoms with E-state index in [-0.39, 0.29) is 6.54 Å². The monoisotopic (exact) mass is 259 g/mol. The predicted octanol–water partition coefficient (Wildman–Crippen LogP) is 1.61. The van der Waals surface area contributed by atoms with Gasteiger partial charge in [-0.15, -0.1) is 0 Å². The predicted molar refractivity (Wildman–Crippen MR) is 53.8 cm³/mol. The lowest BCUT2D eigenvalue weighted by Gasteiger charge is -2.07. The summed E-state index contributed by atoms with van der Waals surface area (Å²) in [4.78, 5) is 11.4. The van der Waals surface area contributed by atoms with Crippen molar-refractivity contribution < 1.29 is 17.7 Å². The molecule has 18 heavy (non-hydrogen) atoms. The molecule has 0 aromatic carbocycles. The molecule has 0 atom stereocenters. The SMILES string of the molecule is Cc1cc(Cn2nc(C(F)(F)F)ccc2=O)no1. The van der Waals surface area contributed by atoms with Crippen LogP contribution in [0.5, 0.6) is 0 Å². The van der Waals surface area contributed by atoms with E-state index in [1.165, 1.54) is 6.07 Å². The molecule has 8 heteroatoms. The molecule has 0 radical (unpaired) electrons. The van der Waals surface area contributed by atoms with Gasteiger partial charge in [0.25, 0.3) is 5.56 Å². The zero-order valence-electron chi connectivity index (χ0n) is 9.23. The number of alkyl halides is 3. The average Bonchev–Trinajstić information content (AvgIpc) is 2.66. The van der Waals surface area contributed by atoms with E-state index >= 15 is 0 Å². The van der Waals surface area contributed by atoms with Gasteiger partial charge in [-0.2, -0.15) is 18.3 Å². The van der Waals surface area contributed by atoms with Crippen molar-refractivity contribution in [3.63, 3.8) is 0 Å².